The maximum Gasteiger partial charge on any atom is 0.0416 e. The number of rotatable bonds is 1. The Kier molecular flexibility index (Phi) is 4.63. The quantitative estimate of drug-likeness (QED) is 0.468. The molecule has 23 heavy (non-hydrogen) atoms. The fourth-order valence-electron chi connectivity index (χ4n) is 3.88. The highest BCUT2D eigenvalue weighted by Crippen LogP contribution is 2.38. The predicted molar refractivity (Wildman–Crippen MR) is 103 cm³/mol. The van der Waals surface area contributed by atoms with Crippen molar-refractivity contribution in [2.45, 2.75) is 46.6 Å². The zero-order valence-electron chi connectivity index (χ0n) is 14.4. The summed E-state index contributed by atoms with van der Waals surface area (Å²) in [6.07, 6.45) is 2.24. The molecule has 120 valence electrons. The molecule has 1 unspecified atom stereocenters. The largest absolute Gasteiger partial charge is 0.346 e. The Morgan fingerprint density at radius 2 is 1.48 bits per heavy atom. The molecule has 3 aromatic rings. The summed E-state index contributed by atoms with van der Waals surface area (Å²) in [5, 5.41) is 2.81. The summed E-state index contributed by atoms with van der Waals surface area (Å²) in [6, 6.07) is 16.2. The van der Waals surface area contributed by atoms with Crippen molar-refractivity contribution in [2.75, 3.05) is 0 Å². The number of benzene rings is 2. The highest BCUT2D eigenvalue weighted by molar-refractivity contribution is 9.10. The lowest BCUT2D eigenvalue weighted by molar-refractivity contribution is 0.474. The van der Waals surface area contributed by atoms with Gasteiger partial charge in [0, 0.05) is 21.9 Å². The summed E-state index contributed by atoms with van der Waals surface area (Å²) in [5.41, 5.74) is 5.69. The maximum absolute atomic E-state index is 3.69. The lowest BCUT2D eigenvalue weighted by Crippen LogP contribution is -2.20. The van der Waals surface area contributed by atoms with Crippen molar-refractivity contribution in [3.05, 3.63) is 69.5 Å². The summed E-state index contributed by atoms with van der Waals surface area (Å²) < 4.78 is 3.71. The van der Waals surface area contributed by atoms with Gasteiger partial charge in [0.2, 0.25) is 0 Å². The first kappa shape index (κ1) is 16.3. The molecule has 0 N–H and O–H groups in total. The molecule has 1 atom stereocenters. The lowest BCUT2D eigenvalue weighted by atomic mass is 9.85. The van der Waals surface area contributed by atoms with E-state index in [-0.39, 0.29) is 0 Å². The van der Waals surface area contributed by atoms with Crippen LogP contribution in [0, 0.1) is 13.8 Å². The molecule has 1 nitrogen and oxygen atoms in total. The summed E-state index contributed by atoms with van der Waals surface area (Å²) in [5.74, 6) is 0. The van der Waals surface area contributed by atoms with E-state index in [1.807, 2.05) is 13.8 Å². The summed E-state index contributed by atoms with van der Waals surface area (Å²) in [7, 11) is 0. The zero-order chi connectivity index (χ0) is 16.6. The number of aromatic nitrogens is 1. The number of aryl methyl sites for hydroxylation is 2. The van der Waals surface area contributed by atoms with Crippen molar-refractivity contribution in [2.24, 2.45) is 0 Å². The zero-order valence-corrected chi connectivity index (χ0v) is 15.9. The van der Waals surface area contributed by atoms with Crippen molar-refractivity contribution in [1.29, 1.82) is 0 Å². The summed E-state index contributed by atoms with van der Waals surface area (Å²) >= 11 is 3.69. The van der Waals surface area contributed by atoms with E-state index in [9.17, 15) is 0 Å². The van der Waals surface area contributed by atoms with E-state index in [1.54, 1.807) is 0 Å². The first-order valence-corrected chi connectivity index (χ1v) is 9.28. The molecule has 0 amide bonds. The van der Waals surface area contributed by atoms with Crippen LogP contribution in [0.4, 0.5) is 0 Å². The lowest BCUT2D eigenvalue weighted by Gasteiger charge is -2.29. The van der Waals surface area contributed by atoms with Gasteiger partial charge in [-0.05, 0) is 66.8 Å². The number of halogens is 1. The first-order chi connectivity index (χ1) is 11.1. The Morgan fingerprint density at radius 3 is 2.13 bits per heavy atom. The van der Waals surface area contributed by atoms with Crippen molar-refractivity contribution in [1.82, 2.24) is 4.57 Å². The molecule has 1 heterocycles. The Balaban J connectivity index is 0.000000753. The average molecular weight is 370 g/mol. The molecular formula is C21H24BrN. The van der Waals surface area contributed by atoms with Gasteiger partial charge in [-0.2, -0.15) is 0 Å². The van der Waals surface area contributed by atoms with Gasteiger partial charge in [0.25, 0.3) is 0 Å². The minimum atomic E-state index is 0.541. The van der Waals surface area contributed by atoms with Crippen LogP contribution in [0.2, 0.25) is 0 Å². The van der Waals surface area contributed by atoms with Crippen LogP contribution in [0.25, 0.3) is 10.8 Å². The molecule has 1 aliphatic carbocycles. The van der Waals surface area contributed by atoms with Crippen molar-refractivity contribution in [3.8, 4) is 0 Å². The minimum Gasteiger partial charge on any atom is -0.346 e. The third-order valence-electron chi connectivity index (χ3n) is 4.76. The van der Waals surface area contributed by atoms with E-state index >= 15 is 0 Å². The molecule has 4 rings (SSSR count). The Bertz CT molecular complexity index is 813. The molecule has 0 fully saturated rings. The second-order valence-electron chi connectivity index (χ2n) is 6.09. The van der Waals surface area contributed by atoms with Gasteiger partial charge in [-0.15, -0.1) is 0 Å². The third kappa shape index (κ3) is 2.74. The molecule has 0 bridgehead atoms. The third-order valence-corrected chi connectivity index (χ3v) is 5.45. The second-order valence-corrected chi connectivity index (χ2v) is 6.95. The molecule has 0 saturated carbocycles. The van der Waals surface area contributed by atoms with E-state index < -0.39 is 0 Å². The minimum absolute atomic E-state index is 0.541. The van der Waals surface area contributed by atoms with Crippen LogP contribution in [-0.4, -0.2) is 4.57 Å². The molecule has 1 aromatic heterocycles. The topological polar surface area (TPSA) is 4.93 Å². The van der Waals surface area contributed by atoms with Gasteiger partial charge in [0.1, 0.15) is 0 Å². The Morgan fingerprint density at radius 1 is 0.870 bits per heavy atom. The van der Waals surface area contributed by atoms with E-state index in [4.69, 9.17) is 0 Å². The molecule has 1 aliphatic rings. The number of hydrogen-bond donors (Lipinski definition) is 0. The van der Waals surface area contributed by atoms with Gasteiger partial charge >= 0.3 is 0 Å². The van der Waals surface area contributed by atoms with Crippen LogP contribution in [0.3, 0.4) is 0 Å². The summed E-state index contributed by atoms with van der Waals surface area (Å²) in [6.45, 7) is 8.43. The smallest absolute Gasteiger partial charge is 0.0416 e. The monoisotopic (exact) mass is 369 g/mol. The highest BCUT2D eigenvalue weighted by atomic mass is 79.9. The normalized spacial score (nSPS) is 16.1. The van der Waals surface area contributed by atoms with Crippen LogP contribution < -0.4 is 0 Å². The van der Waals surface area contributed by atoms with E-state index in [1.165, 1.54) is 37.8 Å². The molecule has 2 aromatic carbocycles. The molecule has 0 radical (unpaired) electrons. The Hall–Kier alpha value is -1.54. The molecular weight excluding hydrogens is 346 g/mol. The maximum atomic E-state index is 3.69. The van der Waals surface area contributed by atoms with Gasteiger partial charge in [-0.3, -0.25) is 0 Å². The first-order valence-electron chi connectivity index (χ1n) is 8.48. The van der Waals surface area contributed by atoms with Crippen LogP contribution in [0.1, 0.15) is 42.4 Å². The SMILES string of the molecule is CC.Cc1ccc(C)n1C1Cc2cccc3c(Br)ccc(c23)C1. The molecule has 0 aliphatic heterocycles. The van der Waals surface area contributed by atoms with E-state index in [0.717, 1.165) is 12.8 Å². The van der Waals surface area contributed by atoms with Gasteiger partial charge in [-0.1, -0.05) is 54.0 Å². The molecule has 0 saturated heterocycles. The van der Waals surface area contributed by atoms with E-state index in [2.05, 4.69) is 76.8 Å². The van der Waals surface area contributed by atoms with Crippen molar-refractivity contribution < 1.29 is 0 Å². The molecule has 2 heteroatoms. The van der Waals surface area contributed by atoms with Crippen LogP contribution in [0.5, 0.6) is 0 Å². The number of hydrogen-bond acceptors (Lipinski definition) is 0. The van der Waals surface area contributed by atoms with Crippen molar-refractivity contribution in [3.63, 3.8) is 0 Å². The van der Waals surface area contributed by atoms with E-state index in [0.29, 0.717) is 6.04 Å². The number of nitrogens with zero attached hydrogens (tertiary/aromatic N) is 1. The van der Waals surface area contributed by atoms with Gasteiger partial charge in [-0.25, -0.2) is 0 Å². The standard InChI is InChI=1S/C19H18BrN.C2H6/c1-12-6-7-13(2)21(12)16-10-14-4-3-5-17-18(20)9-8-15(11-16)19(14)17;1-2/h3-9,16H,10-11H2,1-2H3;1-2H3. The van der Waals surface area contributed by atoms with Gasteiger partial charge in [0.05, 0.1) is 0 Å². The average Bonchev–Trinajstić information content (AvgIpc) is 2.91. The predicted octanol–water partition coefficient (Wildman–Crippen LogP) is 6.39. The fraction of sp³-hybridized carbons (Fsp3) is 0.333. The van der Waals surface area contributed by atoms with Crippen LogP contribution in [-0.2, 0) is 12.8 Å². The molecule has 0 spiro atoms. The summed E-state index contributed by atoms with van der Waals surface area (Å²) in [4.78, 5) is 0. The van der Waals surface area contributed by atoms with Gasteiger partial charge in [0.15, 0.2) is 0 Å². The van der Waals surface area contributed by atoms with Gasteiger partial charge < -0.3 is 4.57 Å². The fourth-order valence-corrected chi connectivity index (χ4v) is 4.35. The van der Waals surface area contributed by atoms with Crippen LogP contribution in [0.15, 0.2) is 46.9 Å². The highest BCUT2D eigenvalue weighted by Gasteiger charge is 2.23. The van der Waals surface area contributed by atoms with Crippen LogP contribution >= 0.6 is 15.9 Å². The van der Waals surface area contributed by atoms with Crippen molar-refractivity contribution >= 4 is 26.7 Å². The Labute approximate surface area is 147 Å². The second kappa shape index (κ2) is 6.52.